The molecule has 0 atom stereocenters. The highest BCUT2D eigenvalue weighted by molar-refractivity contribution is 6.31. The van der Waals surface area contributed by atoms with Crippen molar-refractivity contribution in [2.75, 3.05) is 25.0 Å². The van der Waals surface area contributed by atoms with Crippen LogP contribution >= 0.6 is 11.6 Å². The van der Waals surface area contributed by atoms with Crippen LogP contribution in [0.2, 0.25) is 5.02 Å². The van der Waals surface area contributed by atoms with Crippen molar-refractivity contribution in [3.05, 3.63) is 28.8 Å². The Kier molecular flexibility index (Phi) is 4.90. The van der Waals surface area contributed by atoms with Crippen LogP contribution in [0, 0.1) is 5.92 Å². The topological polar surface area (TPSA) is 15.3 Å². The van der Waals surface area contributed by atoms with Gasteiger partial charge in [-0.25, -0.2) is 0 Å². The van der Waals surface area contributed by atoms with Gasteiger partial charge in [-0.1, -0.05) is 31.0 Å². The number of anilines is 1. The van der Waals surface area contributed by atoms with Crippen LogP contribution in [0.4, 0.5) is 5.69 Å². The normalized spacial score (nSPS) is 17.2. The predicted octanol–water partition coefficient (Wildman–Crippen LogP) is 3.69. The Hall–Kier alpha value is -0.730. The van der Waals surface area contributed by atoms with Gasteiger partial charge < -0.3 is 10.2 Å². The van der Waals surface area contributed by atoms with Gasteiger partial charge in [0, 0.05) is 30.3 Å². The van der Waals surface area contributed by atoms with Gasteiger partial charge in [0.2, 0.25) is 0 Å². The first-order valence-electron chi connectivity index (χ1n) is 6.92. The Balaban J connectivity index is 2.03. The average molecular weight is 267 g/mol. The molecule has 1 aromatic rings. The molecule has 0 saturated carbocycles. The van der Waals surface area contributed by atoms with Crippen molar-refractivity contribution in [1.29, 1.82) is 0 Å². The molecule has 0 bridgehead atoms. The third kappa shape index (κ3) is 3.18. The van der Waals surface area contributed by atoms with Crippen LogP contribution < -0.4 is 10.2 Å². The summed E-state index contributed by atoms with van der Waals surface area (Å²) in [4.78, 5) is 2.46. The zero-order chi connectivity index (χ0) is 13.0. The zero-order valence-corrected chi connectivity index (χ0v) is 12.1. The lowest BCUT2D eigenvalue weighted by Gasteiger charge is -2.33. The lowest BCUT2D eigenvalue weighted by molar-refractivity contribution is 0.395. The van der Waals surface area contributed by atoms with E-state index < -0.39 is 0 Å². The smallest absolute Gasteiger partial charge is 0.0471 e. The van der Waals surface area contributed by atoms with Crippen LogP contribution in [0.3, 0.4) is 0 Å². The number of hydrogen-bond donors (Lipinski definition) is 1. The first-order valence-corrected chi connectivity index (χ1v) is 7.30. The van der Waals surface area contributed by atoms with Crippen molar-refractivity contribution < 1.29 is 0 Å². The van der Waals surface area contributed by atoms with E-state index in [1.165, 1.54) is 43.6 Å². The van der Waals surface area contributed by atoms with E-state index in [-0.39, 0.29) is 0 Å². The summed E-state index contributed by atoms with van der Waals surface area (Å²) in [6.07, 6.45) is 3.94. The first kappa shape index (κ1) is 13.7. The van der Waals surface area contributed by atoms with Gasteiger partial charge >= 0.3 is 0 Å². The molecule has 3 heteroatoms. The van der Waals surface area contributed by atoms with E-state index in [1.807, 2.05) is 7.05 Å². The van der Waals surface area contributed by atoms with E-state index in [9.17, 15) is 0 Å². The molecule has 2 rings (SSSR count). The first-order chi connectivity index (χ1) is 8.74. The molecule has 0 spiro atoms. The maximum Gasteiger partial charge on any atom is 0.0471 e. The number of benzene rings is 1. The Morgan fingerprint density at radius 3 is 2.61 bits per heavy atom. The summed E-state index contributed by atoms with van der Waals surface area (Å²) in [7, 11) is 1.94. The van der Waals surface area contributed by atoms with Crippen molar-refractivity contribution in [3.63, 3.8) is 0 Å². The Morgan fingerprint density at radius 2 is 2.06 bits per heavy atom. The van der Waals surface area contributed by atoms with E-state index in [4.69, 9.17) is 11.6 Å². The van der Waals surface area contributed by atoms with E-state index in [1.54, 1.807) is 0 Å². The summed E-state index contributed by atoms with van der Waals surface area (Å²) in [6, 6.07) is 6.45. The number of nitrogens with zero attached hydrogens (tertiary/aromatic N) is 1. The molecule has 0 aromatic heterocycles. The largest absolute Gasteiger partial charge is 0.371 e. The molecule has 1 saturated heterocycles. The van der Waals surface area contributed by atoms with Gasteiger partial charge in [0.05, 0.1) is 0 Å². The maximum atomic E-state index is 6.32. The minimum Gasteiger partial charge on any atom is -0.371 e. The molecule has 0 amide bonds. The summed E-state index contributed by atoms with van der Waals surface area (Å²) >= 11 is 6.32. The minimum atomic E-state index is 0.830. The monoisotopic (exact) mass is 266 g/mol. The molecule has 0 aliphatic carbocycles. The third-order valence-corrected chi connectivity index (χ3v) is 4.31. The van der Waals surface area contributed by atoms with Crippen molar-refractivity contribution in [1.82, 2.24) is 5.32 Å². The SMILES string of the molecule is CCC1CCN(c2ccc(CNC)c(Cl)c2)CC1. The number of rotatable bonds is 4. The molecular formula is C15H23ClN2. The standard InChI is InChI=1S/C15H23ClN2/c1-3-12-6-8-18(9-7-12)14-5-4-13(11-17-2)15(16)10-14/h4-5,10,12,17H,3,6-9,11H2,1-2H3. The second-order valence-electron chi connectivity index (χ2n) is 5.14. The fourth-order valence-corrected chi connectivity index (χ4v) is 2.91. The highest BCUT2D eigenvalue weighted by Crippen LogP contribution is 2.28. The minimum absolute atomic E-state index is 0.830. The fourth-order valence-electron chi connectivity index (χ4n) is 2.67. The molecule has 1 aliphatic rings. The number of nitrogens with one attached hydrogen (secondary N) is 1. The average Bonchev–Trinajstić information content (AvgIpc) is 2.41. The lowest BCUT2D eigenvalue weighted by Crippen LogP contribution is -2.33. The summed E-state index contributed by atoms with van der Waals surface area (Å²) < 4.78 is 0. The molecular weight excluding hydrogens is 244 g/mol. The van der Waals surface area contributed by atoms with Crippen LogP contribution in [0.15, 0.2) is 18.2 Å². The van der Waals surface area contributed by atoms with E-state index in [2.05, 4.69) is 35.3 Å². The highest BCUT2D eigenvalue weighted by atomic mass is 35.5. The molecule has 0 radical (unpaired) electrons. The van der Waals surface area contributed by atoms with Gasteiger partial charge in [-0.3, -0.25) is 0 Å². The van der Waals surface area contributed by atoms with Gasteiger partial charge in [-0.05, 0) is 43.5 Å². The van der Waals surface area contributed by atoms with Crippen LogP contribution in [0.1, 0.15) is 31.7 Å². The predicted molar refractivity (Wildman–Crippen MR) is 79.4 cm³/mol. The maximum absolute atomic E-state index is 6.32. The highest BCUT2D eigenvalue weighted by Gasteiger charge is 2.18. The van der Waals surface area contributed by atoms with Crippen molar-refractivity contribution >= 4 is 17.3 Å². The Morgan fingerprint density at radius 1 is 1.33 bits per heavy atom. The molecule has 1 aliphatic heterocycles. The Labute approximate surface area is 115 Å². The molecule has 1 heterocycles. The summed E-state index contributed by atoms with van der Waals surface area (Å²) in [5, 5.41) is 4.01. The van der Waals surface area contributed by atoms with Gasteiger partial charge in [0.15, 0.2) is 0 Å². The van der Waals surface area contributed by atoms with Gasteiger partial charge in [0.25, 0.3) is 0 Å². The van der Waals surface area contributed by atoms with Crippen molar-refractivity contribution in [2.45, 2.75) is 32.7 Å². The van der Waals surface area contributed by atoms with Gasteiger partial charge in [-0.2, -0.15) is 0 Å². The second kappa shape index (κ2) is 6.44. The van der Waals surface area contributed by atoms with Crippen molar-refractivity contribution in [2.24, 2.45) is 5.92 Å². The summed E-state index contributed by atoms with van der Waals surface area (Å²) in [5.74, 6) is 0.917. The van der Waals surface area contributed by atoms with Crippen LogP contribution in [0.25, 0.3) is 0 Å². The van der Waals surface area contributed by atoms with E-state index in [0.717, 1.165) is 17.5 Å². The molecule has 1 aromatic carbocycles. The number of hydrogen-bond acceptors (Lipinski definition) is 2. The number of piperidine rings is 1. The quantitative estimate of drug-likeness (QED) is 0.894. The van der Waals surface area contributed by atoms with Gasteiger partial charge in [-0.15, -0.1) is 0 Å². The van der Waals surface area contributed by atoms with Gasteiger partial charge in [0.1, 0.15) is 0 Å². The molecule has 100 valence electrons. The second-order valence-corrected chi connectivity index (χ2v) is 5.55. The molecule has 1 fully saturated rings. The molecule has 0 unspecified atom stereocenters. The fraction of sp³-hybridized carbons (Fsp3) is 0.600. The van der Waals surface area contributed by atoms with E-state index >= 15 is 0 Å². The molecule has 2 nitrogen and oxygen atoms in total. The van der Waals surface area contributed by atoms with Crippen LogP contribution in [0.5, 0.6) is 0 Å². The van der Waals surface area contributed by atoms with Crippen molar-refractivity contribution in [3.8, 4) is 0 Å². The summed E-state index contributed by atoms with van der Waals surface area (Å²) in [5.41, 5.74) is 2.45. The Bertz CT molecular complexity index is 384. The summed E-state index contributed by atoms with van der Waals surface area (Å²) in [6.45, 7) is 5.46. The molecule has 1 N–H and O–H groups in total. The molecule has 18 heavy (non-hydrogen) atoms. The third-order valence-electron chi connectivity index (χ3n) is 3.96. The number of halogens is 1. The lowest BCUT2D eigenvalue weighted by atomic mass is 9.94. The van der Waals surface area contributed by atoms with E-state index in [0.29, 0.717) is 0 Å². The van der Waals surface area contributed by atoms with Crippen LogP contribution in [-0.4, -0.2) is 20.1 Å². The van der Waals surface area contributed by atoms with Crippen LogP contribution in [-0.2, 0) is 6.54 Å². The zero-order valence-electron chi connectivity index (χ0n) is 11.4.